The molecule has 2 aromatic rings. The van der Waals surface area contributed by atoms with Crippen molar-refractivity contribution in [1.82, 2.24) is 0 Å². The number of fused-ring (bicyclic) bond motifs is 1. The van der Waals surface area contributed by atoms with Crippen LogP contribution in [0.15, 0.2) is 36.4 Å². The van der Waals surface area contributed by atoms with Crippen LogP contribution < -0.4 is 9.47 Å². The third-order valence-corrected chi connectivity index (χ3v) is 3.80. The first-order chi connectivity index (χ1) is 10.2. The normalized spacial score (nSPS) is 16.9. The summed E-state index contributed by atoms with van der Waals surface area (Å²) in [7, 11) is 1.54. The number of methoxy groups -OCH3 is 1. The van der Waals surface area contributed by atoms with Crippen LogP contribution in [-0.2, 0) is 12.8 Å². The summed E-state index contributed by atoms with van der Waals surface area (Å²) in [6, 6.07) is 10.7. The second-order valence-corrected chi connectivity index (χ2v) is 5.38. The van der Waals surface area contributed by atoms with Gasteiger partial charge in [0.25, 0.3) is 0 Å². The van der Waals surface area contributed by atoms with Gasteiger partial charge < -0.3 is 19.7 Å². The summed E-state index contributed by atoms with van der Waals surface area (Å²) in [5.41, 5.74) is 2.17. The minimum atomic E-state index is 0.164. The maximum Gasteiger partial charge on any atom is 0.160 e. The van der Waals surface area contributed by atoms with E-state index >= 15 is 0 Å². The molecule has 0 radical (unpaired) electrons. The van der Waals surface area contributed by atoms with Crippen LogP contribution in [0.3, 0.4) is 0 Å². The van der Waals surface area contributed by atoms with E-state index in [2.05, 4.69) is 0 Å². The minimum absolute atomic E-state index is 0.164. The molecule has 1 aliphatic rings. The van der Waals surface area contributed by atoms with Crippen molar-refractivity contribution in [3.63, 3.8) is 0 Å². The molecule has 0 bridgehead atoms. The first kappa shape index (κ1) is 13.6. The Morgan fingerprint density at radius 3 is 2.81 bits per heavy atom. The molecule has 3 rings (SSSR count). The third-order valence-electron chi connectivity index (χ3n) is 3.80. The number of benzene rings is 2. The molecule has 110 valence electrons. The van der Waals surface area contributed by atoms with Crippen LogP contribution in [0, 0.1) is 5.92 Å². The lowest BCUT2D eigenvalue weighted by Gasteiger charge is -2.25. The molecule has 0 aliphatic carbocycles. The molecule has 0 saturated carbocycles. The topological polar surface area (TPSA) is 58.9 Å². The zero-order valence-corrected chi connectivity index (χ0v) is 11.9. The predicted molar refractivity (Wildman–Crippen MR) is 79.2 cm³/mol. The van der Waals surface area contributed by atoms with E-state index in [0.717, 1.165) is 29.7 Å². The van der Waals surface area contributed by atoms with E-state index in [9.17, 15) is 10.2 Å². The fraction of sp³-hybridized carbons (Fsp3) is 0.294. The van der Waals surface area contributed by atoms with Gasteiger partial charge in [-0.3, -0.25) is 0 Å². The first-order valence-corrected chi connectivity index (χ1v) is 6.96. The Labute approximate surface area is 123 Å². The van der Waals surface area contributed by atoms with Gasteiger partial charge in [-0.15, -0.1) is 0 Å². The van der Waals surface area contributed by atoms with E-state index < -0.39 is 0 Å². The van der Waals surface area contributed by atoms with Gasteiger partial charge in [0.15, 0.2) is 11.5 Å². The zero-order chi connectivity index (χ0) is 14.8. The van der Waals surface area contributed by atoms with E-state index in [1.165, 1.54) is 7.11 Å². The molecule has 0 fully saturated rings. The Bertz CT molecular complexity index is 651. The van der Waals surface area contributed by atoms with Crippen LogP contribution in [0.25, 0.3) is 0 Å². The molecule has 21 heavy (non-hydrogen) atoms. The molecule has 0 unspecified atom stereocenters. The van der Waals surface area contributed by atoms with Gasteiger partial charge in [-0.1, -0.05) is 12.1 Å². The van der Waals surface area contributed by atoms with Crippen LogP contribution in [-0.4, -0.2) is 23.9 Å². The van der Waals surface area contributed by atoms with E-state index in [1.807, 2.05) is 12.1 Å². The van der Waals surface area contributed by atoms with Gasteiger partial charge in [0.05, 0.1) is 13.7 Å². The molecule has 0 saturated heterocycles. The van der Waals surface area contributed by atoms with Gasteiger partial charge in [0, 0.05) is 12.0 Å². The summed E-state index contributed by atoms with van der Waals surface area (Å²) in [6.07, 6.45) is 1.74. The highest BCUT2D eigenvalue weighted by molar-refractivity contribution is 5.43. The monoisotopic (exact) mass is 286 g/mol. The first-order valence-electron chi connectivity index (χ1n) is 6.96. The number of hydrogen-bond donors (Lipinski definition) is 2. The molecular formula is C17H18O4. The Kier molecular flexibility index (Phi) is 3.60. The molecule has 1 aliphatic heterocycles. The highest BCUT2D eigenvalue weighted by Gasteiger charge is 2.21. The van der Waals surface area contributed by atoms with Crippen LogP contribution in [0.5, 0.6) is 23.0 Å². The van der Waals surface area contributed by atoms with Crippen molar-refractivity contribution < 1.29 is 19.7 Å². The largest absolute Gasteiger partial charge is 0.508 e. The van der Waals surface area contributed by atoms with Crippen LogP contribution >= 0.6 is 0 Å². The van der Waals surface area contributed by atoms with Crippen molar-refractivity contribution in [2.45, 2.75) is 12.8 Å². The fourth-order valence-corrected chi connectivity index (χ4v) is 2.75. The number of phenolic OH excluding ortho intramolecular Hbond substituents is 2. The zero-order valence-electron chi connectivity index (χ0n) is 11.9. The minimum Gasteiger partial charge on any atom is -0.508 e. The Hall–Kier alpha value is -2.36. The van der Waals surface area contributed by atoms with E-state index in [4.69, 9.17) is 9.47 Å². The average molecular weight is 286 g/mol. The number of aromatic hydroxyl groups is 2. The Morgan fingerprint density at radius 1 is 1.19 bits per heavy atom. The van der Waals surface area contributed by atoms with Crippen molar-refractivity contribution in [2.75, 3.05) is 13.7 Å². The molecule has 2 N–H and O–H groups in total. The van der Waals surface area contributed by atoms with Crippen LogP contribution in [0.4, 0.5) is 0 Å². The molecule has 4 heteroatoms. The maximum atomic E-state index is 9.83. The number of phenols is 2. The van der Waals surface area contributed by atoms with Crippen LogP contribution in [0.1, 0.15) is 11.1 Å². The van der Waals surface area contributed by atoms with Gasteiger partial charge in [-0.05, 0) is 42.2 Å². The number of ether oxygens (including phenoxy) is 2. The highest BCUT2D eigenvalue weighted by Crippen LogP contribution is 2.33. The van der Waals surface area contributed by atoms with Gasteiger partial charge in [0.2, 0.25) is 0 Å². The molecule has 0 aromatic heterocycles. The quantitative estimate of drug-likeness (QED) is 0.911. The summed E-state index contributed by atoms with van der Waals surface area (Å²) < 4.78 is 10.8. The lowest BCUT2D eigenvalue weighted by Crippen LogP contribution is -2.22. The van der Waals surface area contributed by atoms with Gasteiger partial charge >= 0.3 is 0 Å². The lowest BCUT2D eigenvalue weighted by atomic mass is 9.91. The highest BCUT2D eigenvalue weighted by atomic mass is 16.5. The molecule has 4 nitrogen and oxygen atoms in total. The molecule has 0 amide bonds. The van der Waals surface area contributed by atoms with E-state index in [-0.39, 0.29) is 11.5 Å². The molecule has 2 aromatic carbocycles. The summed E-state index contributed by atoms with van der Waals surface area (Å²) in [4.78, 5) is 0. The van der Waals surface area contributed by atoms with Crippen molar-refractivity contribution in [3.05, 3.63) is 47.5 Å². The summed E-state index contributed by atoms with van der Waals surface area (Å²) in [6.45, 7) is 0.614. The van der Waals surface area contributed by atoms with Gasteiger partial charge in [-0.2, -0.15) is 0 Å². The number of hydrogen-bond acceptors (Lipinski definition) is 4. The van der Waals surface area contributed by atoms with E-state index in [0.29, 0.717) is 18.3 Å². The summed E-state index contributed by atoms with van der Waals surface area (Å²) in [5, 5.41) is 19.3. The maximum absolute atomic E-state index is 9.83. The average Bonchev–Trinajstić information content (AvgIpc) is 2.48. The van der Waals surface area contributed by atoms with Crippen molar-refractivity contribution >= 4 is 0 Å². The van der Waals surface area contributed by atoms with Crippen LogP contribution in [0.2, 0.25) is 0 Å². The lowest BCUT2D eigenvalue weighted by molar-refractivity contribution is 0.220. The van der Waals surface area contributed by atoms with Crippen molar-refractivity contribution in [1.29, 1.82) is 0 Å². The molecular weight excluding hydrogens is 268 g/mol. The third kappa shape index (κ3) is 2.89. The second kappa shape index (κ2) is 5.56. The molecule has 1 atom stereocenters. The van der Waals surface area contributed by atoms with E-state index in [1.54, 1.807) is 24.3 Å². The van der Waals surface area contributed by atoms with Crippen molar-refractivity contribution in [2.24, 2.45) is 5.92 Å². The van der Waals surface area contributed by atoms with Gasteiger partial charge in [0.1, 0.15) is 11.5 Å². The number of rotatable bonds is 3. The Morgan fingerprint density at radius 2 is 2.05 bits per heavy atom. The molecule has 0 spiro atoms. The predicted octanol–water partition coefficient (Wildman–Crippen LogP) is 2.90. The fourth-order valence-electron chi connectivity index (χ4n) is 2.75. The second-order valence-electron chi connectivity index (χ2n) is 5.38. The van der Waals surface area contributed by atoms with Gasteiger partial charge in [-0.25, -0.2) is 0 Å². The molecule has 1 heterocycles. The summed E-state index contributed by atoms with van der Waals surface area (Å²) >= 11 is 0. The smallest absolute Gasteiger partial charge is 0.160 e. The standard InChI is InChI=1S/C17H18O4/c1-20-16-5-2-11(8-15(16)19)6-12-7-13-3-4-14(18)9-17(13)21-10-12/h2-5,8-9,12,18-19H,6-7,10H2,1H3/t12-/m0/s1. The van der Waals surface area contributed by atoms with Crippen molar-refractivity contribution in [3.8, 4) is 23.0 Å². The SMILES string of the molecule is COc1ccc(C[C@@H]2COc3cc(O)ccc3C2)cc1O. The Balaban J connectivity index is 1.72. The summed E-state index contributed by atoms with van der Waals surface area (Å²) in [5.74, 6) is 2.00.